The van der Waals surface area contributed by atoms with Gasteiger partial charge in [0.2, 0.25) is 5.91 Å². The fraction of sp³-hybridized carbons (Fsp3) is 0.350. The summed E-state index contributed by atoms with van der Waals surface area (Å²) in [6.45, 7) is 3.37. The van der Waals surface area contributed by atoms with Crippen LogP contribution in [0.15, 0.2) is 42.5 Å². The number of nitro benzene ring substituents is 1. The summed E-state index contributed by atoms with van der Waals surface area (Å²) in [6.07, 6.45) is -0.174. The Kier molecular flexibility index (Phi) is 6.68. The Hall–Kier alpha value is -2.68. The Labute approximate surface area is 173 Å². The van der Waals surface area contributed by atoms with Crippen LogP contribution >= 0.6 is 11.6 Å². The van der Waals surface area contributed by atoms with E-state index in [4.69, 9.17) is 21.1 Å². The van der Waals surface area contributed by atoms with Crippen molar-refractivity contribution in [2.24, 2.45) is 0 Å². The Morgan fingerprint density at radius 1 is 1.34 bits per heavy atom. The van der Waals surface area contributed by atoms with Crippen molar-refractivity contribution in [3.05, 3.63) is 63.2 Å². The minimum Gasteiger partial charge on any atom is -0.496 e. The van der Waals surface area contributed by atoms with Gasteiger partial charge in [-0.25, -0.2) is 0 Å². The molecule has 1 amide bonds. The van der Waals surface area contributed by atoms with Gasteiger partial charge < -0.3 is 14.8 Å². The maximum Gasteiger partial charge on any atom is 0.296 e. The lowest BCUT2D eigenvalue weighted by atomic mass is 10.1. The van der Waals surface area contributed by atoms with Crippen molar-refractivity contribution < 1.29 is 19.2 Å². The molecule has 1 aliphatic heterocycles. The number of morpholine rings is 1. The van der Waals surface area contributed by atoms with E-state index in [1.807, 2.05) is 17.0 Å². The summed E-state index contributed by atoms with van der Waals surface area (Å²) in [5.41, 5.74) is 0.901. The number of anilines is 1. The van der Waals surface area contributed by atoms with Gasteiger partial charge in [-0.3, -0.25) is 19.8 Å². The molecule has 8 nitrogen and oxygen atoms in total. The van der Waals surface area contributed by atoms with Crippen molar-refractivity contribution in [1.29, 1.82) is 0 Å². The van der Waals surface area contributed by atoms with Crippen molar-refractivity contribution in [3.63, 3.8) is 0 Å². The summed E-state index contributed by atoms with van der Waals surface area (Å²) in [6, 6.07) is 11.2. The maximum absolute atomic E-state index is 12.8. The second kappa shape index (κ2) is 9.21. The van der Waals surface area contributed by atoms with Crippen LogP contribution in [0, 0.1) is 10.1 Å². The van der Waals surface area contributed by atoms with Gasteiger partial charge in [-0.2, -0.15) is 0 Å². The molecule has 0 bridgehead atoms. The van der Waals surface area contributed by atoms with E-state index in [1.165, 1.54) is 19.2 Å². The molecular weight excluding hydrogens is 398 g/mol. The molecule has 0 aliphatic carbocycles. The SMILES string of the molecule is COc1ccc(NC(=O)[C@@H](C)N2CCO[C@H](c3ccc(Cl)cc3)C2)c([N+](=O)[O-])c1. The number of nitro groups is 1. The summed E-state index contributed by atoms with van der Waals surface area (Å²) >= 11 is 5.94. The molecule has 1 saturated heterocycles. The van der Waals surface area contributed by atoms with Gasteiger partial charge in [-0.15, -0.1) is 0 Å². The molecule has 2 atom stereocenters. The van der Waals surface area contributed by atoms with Gasteiger partial charge in [0.25, 0.3) is 5.69 Å². The van der Waals surface area contributed by atoms with Gasteiger partial charge >= 0.3 is 0 Å². The van der Waals surface area contributed by atoms with E-state index >= 15 is 0 Å². The lowest BCUT2D eigenvalue weighted by Crippen LogP contribution is -2.48. The Balaban J connectivity index is 1.70. The molecule has 1 N–H and O–H groups in total. The summed E-state index contributed by atoms with van der Waals surface area (Å²) < 4.78 is 10.9. The van der Waals surface area contributed by atoms with Crippen molar-refractivity contribution in [2.75, 3.05) is 32.1 Å². The zero-order valence-electron chi connectivity index (χ0n) is 16.1. The number of carbonyl (C=O) groups is 1. The summed E-state index contributed by atoms with van der Waals surface area (Å²) in [7, 11) is 1.43. The second-order valence-electron chi connectivity index (χ2n) is 6.71. The minimum atomic E-state index is -0.548. The van der Waals surface area contributed by atoms with Crippen LogP contribution in [0.2, 0.25) is 5.02 Å². The fourth-order valence-electron chi connectivity index (χ4n) is 3.20. The lowest BCUT2D eigenvalue weighted by molar-refractivity contribution is -0.384. The van der Waals surface area contributed by atoms with Crippen molar-refractivity contribution in [3.8, 4) is 5.75 Å². The smallest absolute Gasteiger partial charge is 0.296 e. The quantitative estimate of drug-likeness (QED) is 0.567. The van der Waals surface area contributed by atoms with Crippen LogP contribution in [-0.2, 0) is 9.53 Å². The number of halogens is 1. The number of nitrogens with zero attached hydrogens (tertiary/aromatic N) is 2. The zero-order chi connectivity index (χ0) is 21.0. The highest BCUT2D eigenvalue weighted by Crippen LogP contribution is 2.30. The molecular formula is C20H22ClN3O5. The molecule has 0 radical (unpaired) electrons. The molecule has 2 aromatic carbocycles. The van der Waals surface area contributed by atoms with E-state index in [1.54, 1.807) is 25.1 Å². The van der Waals surface area contributed by atoms with E-state index < -0.39 is 11.0 Å². The van der Waals surface area contributed by atoms with Crippen LogP contribution in [-0.4, -0.2) is 48.6 Å². The maximum atomic E-state index is 12.8. The third-order valence-electron chi connectivity index (χ3n) is 4.93. The average molecular weight is 420 g/mol. The van der Waals surface area contributed by atoms with Crippen molar-refractivity contribution in [1.82, 2.24) is 4.90 Å². The van der Waals surface area contributed by atoms with Crippen LogP contribution in [0.1, 0.15) is 18.6 Å². The first-order valence-electron chi connectivity index (χ1n) is 9.13. The predicted molar refractivity (Wildman–Crippen MR) is 109 cm³/mol. The van der Waals surface area contributed by atoms with Crippen LogP contribution < -0.4 is 10.1 Å². The molecule has 29 heavy (non-hydrogen) atoms. The summed E-state index contributed by atoms with van der Waals surface area (Å²) in [4.78, 5) is 25.5. The van der Waals surface area contributed by atoms with E-state index in [0.717, 1.165) is 5.56 Å². The Bertz CT molecular complexity index is 890. The van der Waals surface area contributed by atoms with Gasteiger partial charge in [0, 0.05) is 18.1 Å². The molecule has 1 fully saturated rings. The van der Waals surface area contributed by atoms with E-state index in [9.17, 15) is 14.9 Å². The monoisotopic (exact) mass is 419 g/mol. The van der Waals surface area contributed by atoms with Gasteiger partial charge in [0.1, 0.15) is 11.4 Å². The topological polar surface area (TPSA) is 93.9 Å². The first-order chi connectivity index (χ1) is 13.9. The summed E-state index contributed by atoms with van der Waals surface area (Å²) in [5.74, 6) is 0.0248. The number of nitrogens with one attached hydrogen (secondary N) is 1. The number of rotatable bonds is 6. The number of amides is 1. The number of methoxy groups -OCH3 is 1. The molecule has 1 heterocycles. The average Bonchev–Trinajstić information content (AvgIpc) is 2.73. The van der Waals surface area contributed by atoms with Crippen LogP contribution in [0.3, 0.4) is 0 Å². The lowest BCUT2D eigenvalue weighted by Gasteiger charge is -2.36. The van der Waals surface area contributed by atoms with Crippen LogP contribution in [0.5, 0.6) is 5.75 Å². The van der Waals surface area contributed by atoms with Crippen molar-refractivity contribution >= 4 is 28.9 Å². The Morgan fingerprint density at radius 2 is 2.07 bits per heavy atom. The van der Waals surface area contributed by atoms with Crippen LogP contribution in [0.25, 0.3) is 0 Å². The number of hydrogen-bond donors (Lipinski definition) is 1. The molecule has 0 unspecified atom stereocenters. The van der Waals surface area contributed by atoms with E-state index in [2.05, 4.69) is 5.32 Å². The predicted octanol–water partition coefficient (Wildman–Crippen LogP) is 3.66. The molecule has 1 aliphatic rings. The third-order valence-corrected chi connectivity index (χ3v) is 5.18. The highest BCUT2D eigenvalue weighted by Gasteiger charge is 2.29. The molecule has 0 aromatic heterocycles. The Morgan fingerprint density at radius 3 is 2.72 bits per heavy atom. The molecule has 154 valence electrons. The largest absolute Gasteiger partial charge is 0.496 e. The number of carbonyl (C=O) groups excluding carboxylic acids is 1. The summed E-state index contributed by atoms with van der Waals surface area (Å²) in [5, 5.41) is 14.6. The molecule has 0 spiro atoms. The van der Waals surface area contributed by atoms with Gasteiger partial charge in [0.05, 0.1) is 36.9 Å². The second-order valence-corrected chi connectivity index (χ2v) is 7.15. The van der Waals surface area contributed by atoms with Crippen LogP contribution in [0.4, 0.5) is 11.4 Å². The van der Waals surface area contributed by atoms with Gasteiger partial charge in [-0.1, -0.05) is 23.7 Å². The first-order valence-corrected chi connectivity index (χ1v) is 9.51. The zero-order valence-corrected chi connectivity index (χ0v) is 16.9. The van der Waals surface area contributed by atoms with Crippen molar-refractivity contribution in [2.45, 2.75) is 19.1 Å². The standard InChI is InChI=1S/C20H22ClN3O5/c1-13(20(25)22-17-8-7-16(28-2)11-18(17)24(26)27)23-9-10-29-19(12-23)14-3-5-15(21)6-4-14/h3-8,11,13,19H,9-10,12H2,1-2H3,(H,22,25)/t13-,19+/m1/s1. The van der Waals surface area contributed by atoms with Gasteiger partial charge in [-0.05, 0) is 36.8 Å². The van der Waals surface area contributed by atoms with E-state index in [0.29, 0.717) is 30.5 Å². The van der Waals surface area contributed by atoms with E-state index in [-0.39, 0.29) is 23.4 Å². The first kappa shape index (κ1) is 21.0. The normalized spacial score (nSPS) is 18.1. The molecule has 3 rings (SSSR count). The number of hydrogen-bond acceptors (Lipinski definition) is 6. The highest BCUT2D eigenvalue weighted by molar-refractivity contribution is 6.30. The van der Waals surface area contributed by atoms with Gasteiger partial charge in [0.15, 0.2) is 0 Å². The molecule has 0 saturated carbocycles. The number of ether oxygens (including phenoxy) is 2. The minimum absolute atomic E-state index is 0.134. The molecule has 2 aromatic rings. The molecule has 9 heteroatoms. The third kappa shape index (κ3) is 5.03. The highest BCUT2D eigenvalue weighted by atomic mass is 35.5. The number of benzene rings is 2. The fourth-order valence-corrected chi connectivity index (χ4v) is 3.32.